The molecule has 0 unspecified atom stereocenters. The van der Waals surface area contributed by atoms with E-state index in [0.717, 1.165) is 51.4 Å². The van der Waals surface area contributed by atoms with Crippen molar-refractivity contribution in [3.63, 3.8) is 0 Å². The first-order valence-corrected chi connectivity index (χ1v) is 8.94. The molecule has 0 saturated heterocycles. The van der Waals surface area contributed by atoms with Crippen molar-refractivity contribution in [2.45, 2.75) is 75.9 Å². The van der Waals surface area contributed by atoms with Gasteiger partial charge in [0.2, 0.25) is 0 Å². The van der Waals surface area contributed by atoms with Crippen LogP contribution < -0.4 is 10.5 Å². The SMILES string of the molecule is CN(C1CCCCC1)S(=O)(=O)NC1CCC(N)CC1. The second-order valence-corrected chi connectivity index (χ2v) is 7.80. The number of nitrogens with one attached hydrogen (secondary N) is 1. The summed E-state index contributed by atoms with van der Waals surface area (Å²) in [6, 6.07) is 0.491. The molecule has 0 aromatic carbocycles. The van der Waals surface area contributed by atoms with Gasteiger partial charge in [0.05, 0.1) is 0 Å². The van der Waals surface area contributed by atoms with E-state index < -0.39 is 10.2 Å². The molecule has 0 aromatic rings. The highest BCUT2D eigenvalue weighted by Crippen LogP contribution is 2.24. The highest BCUT2D eigenvalue weighted by atomic mass is 32.2. The summed E-state index contributed by atoms with van der Waals surface area (Å²) < 4.78 is 29.1. The summed E-state index contributed by atoms with van der Waals surface area (Å²) in [5.74, 6) is 0. The summed E-state index contributed by atoms with van der Waals surface area (Å²) in [5, 5.41) is 0. The average Bonchev–Trinajstić information content (AvgIpc) is 2.41. The number of nitrogens with two attached hydrogens (primary N) is 1. The molecule has 0 amide bonds. The van der Waals surface area contributed by atoms with Gasteiger partial charge in [0, 0.05) is 25.2 Å². The van der Waals surface area contributed by atoms with Gasteiger partial charge in [-0.05, 0) is 38.5 Å². The molecule has 0 atom stereocenters. The maximum Gasteiger partial charge on any atom is 0.279 e. The summed E-state index contributed by atoms with van der Waals surface area (Å²) in [6.45, 7) is 0. The van der Waals surface area contributed by atoms with Gasteiger partial charge in [0.1, 0.15) is 0 Å². The molecule has 5 nitrogen and oxygen atoms in total. The van der Waals surface area contributed by atoms with Crippen molar-refractivity contribution >= 4 is 10.2 Å². The van der Waals surface area contributed by atoms with Crippen LogP contribution in [0.15, 0.2) is 0 Å². The van der Waals surface area contributed by atoms with Gasteiger partial charge in [-0.15, -0.1) is 0 Å². The third kappa shape index (κ3) is 4.15. The van der Waals surface area contributed by atoms with Crippen molar-refractivity contribution in [3.05, 3.63) is 0 Å². The Labute approximate surface area is 117 Å². The molecule has 2 aliphatic rings. The summed E-state index contributed by atoms with van der Waals surface area (Å²) in [7, 11) is -1.62. The van der Waals surface area contributed by atoms with Gasteiger partial charge in [-0.1, -0.05) is 19.3 Å². The highest BCUT2D eigenvalue weighted by Gasteiger charge is 2.30. The van der Waals surface area contributed by atoms with Gasteiger partial charge in [0.25, 0.3) is 10.2 Å². The van der Waals surface area contributed by atoms with E-state index in [0.29, 0.717) is 0 Å². The predicted octanol–water partition coefficient (Wildman–Crippen LogP) is 1.36. The standard InChI is InChI=1S/C13H27N3O2S/c1-16(13-5-3-2-4-6-13)19(17,18)15-12-9-7-11(14)8-10-12/h11-13,15H,2-10,14H2,1H3. The zero-order valence-corrected chi connectivity index (χ0v) is 12.7. The van der Waals surface area contributed by atoms with Gasteiger partial charge in [-0.3, -0.25) is 0 Å². The largest absolute Gasteiger partial charge is 0.328 e. The molecule has 2 saturated carbocycles. The van der Waals surface area contributed by atoms with Crippen LogP contribution in [-0.2, 0) is 10.2 Å². The summed E-state index contributed by atoms with van der Waals surface area (Å²) in [5.41, 5.74) is 5.85. The van der Waals surface area contributed by atoms with Crippen LogP contribution in [0.3, 0.4) is 0 Å². The Morgan fingerprint density at radius 3 is 2.16 bits per heavy atom. The lowest BCUT2D eigenvalue weighted by Gasteiger charge is -2.33. The summed E-state index contributed by atoms with van der Waals surface area (Å²) >= 11 is 0. The zero-order valence-electron chi connectivity index (χ0n) is 11.8. The molecule has 112 valence electrons. The Kier molecular flexibility index (Phi) is 5.22. The van der Waals surface area contributed by atoms with Gasteiger partial charge >= 0.3 is 0 Å². The van der Waals surface area contributed by atoms with E-state index in [4.69, 9.17) is 5.73 Å². The minimum atomic E-state index is -3.33. The third-order valence-electron chi connectivity index (χ3n) is 4.56. The monoisotopic (exact) mass is 289 g/mol. The Hall–Kier alpha value is -0.170. The Morgan fingerprint density at radius 1 is 1.00 bits per heavy atom. The van der Waals surface area contributed by atoms with Crippen molar-refractivity contribution < 1.29 is 8.42 Å². The van der Waals surface area contributed by atoms with Crippen LogP contribution in [0.25, 0.3) is 0 Å². The fourth-order valence-corrected chi connectivity index (χ4v) is 4.60. The number of hydrogen-bond donors (Lipinski definition) is 2. The lowest BCUT2D eigenvalue weighted by Crippen LogP contribution is -2.49. The van der Waals surface area contributed by atoms with Crippen LogP contribution in [0, 0.1) is 0 Å². The lowest BCUT2D eigenvalue weighted by molar-refractivity contribution is 0.277. The van der Waals surface area contributed by atoms with Crippen molar-refractivity contribution in [2.75, 3.05) is 7.05 Å². The van der Waals surface area contributed by atoms with E-state index in [2.05, 4.69) is 4.72 Å². The molecule has 6 heteroatoms. The van der Waals surface area contributed by atoms with Gasteiger partial charge in [-0.25, -0.2) is 0 Å². The first kappa shape index (κ1) is 15.2. The maximum absolute atomic E-state index is 12.4. The highest BCUT2D eigenvalue weighted by molar-refractivity contribution is 7.87. The second-order valence-electron chi connectivity index (χ2n) is 6.04. The molecule has 0 aromatic heterocycles. The van der Waals surface area contributed by atoms with Gasteiger partial charge < -0.3 is 5.73 Å². The van der Waals surface area contributed by atoms with E-state index in [1.54, 1.807) is 11.4 Å². The molecule has 3 N–H and O–H groups in total. The molecule has 19 heavy (non-hydrogen) atoms. The molecule has 2 fully saturated rings. The minimum Gasteiger partial charge on any atom is -0.328 e. The van der Waals surface area contributed by atoms with Crippen molar-refractivity contribution in [3.8, 4) is 0 Å². The van der Waals surface area contributed by atoms with Crippen LogP contribution in [-0.4, -0.2) is 37.9 Å². The Balaban J connectivity index is 1.89. The van der Waals surface area contributed by atoms with Gasteiger partial charge in [0.15, 0.2) is 0 Å². The van der Waals surface area contributed by atoms with Crippen molar-refractivity contribution in [1.29, 1.82) is 0 Å². The quantitative estimate of drug-likeness (QED) is 0.820. The molecular weight excluding hydrogens is 262 g/mol. The molecule has 2 aliphatic carbocycles. The average molecular weight is 289 g/mol. The zero-order chi connectivity index (χ0) is 13.9. The number of rotatable bonds is 4. The molecule has 0 spiro atoms. The van der Waals surface area contributed by atoms with Crippen LogP contribution >= 0.6 is 0 Å². The van der Waals surface area contributed by atoms with Crippen LogP contribution in [0.4, 0.5) is 0 Å². The molecule has 0 aliphatic heterocycles. The normalized spacial score (nSPS) is 30.7. The van der Waals surface area contributed by atoms with E-state index >= 15 is 0 Å². The smallest absolute Gasteiger partial charge is 0.279 e. The molecule has 0 bridgehead atoms. The van der Waals surface area contributed by atoms with Gasteiger partial charge in [-0.2, -0.15) is 17.4 Å². The third-order valence-corrected chi connectivity index (χ3v) is 6.24. The summed E-state index contributed by atoms with van der Waals surface area (Å²) in [6.07, 6.45) is 9.06. The maximum atomic E-state index is 12.4. The molecule has 0 heterocycles. The van der Waals surface area contributed by atoms with Crippen LogP contribution in [0.5, 0.6) is 0 Å². The predicted molar refractivity (Wildman–Crippen MR) is 76.9 cm³/mol. The molecule has 0 radical (unpaired) electrons. The number of nitrogens with zero attached hydrogens (tertiary/aromatic N) is 1. The fraction of sp³-hybridized carbons (Fsp3) is 1.00. The topological polar surface area (TPSA) is 75.4 Å². The van der Waals surface area contributed by atoms with Crippen molar-refractivity contribution in [2.24, 2.45) is 5.73 Å². The van der Waals surface area contributed by atoms with Crippen LogP contribution in [0.1, 0.15) is 57.8 Å². The van der Waals surface area contributed by atoms with E-state index in [1.807, 2.05) is 0 Å². The summed E-state index contributed by atoms with van der Waals surface area (Å²) in [4.78, 5) is 0. The second kappa shape index (κ2) is 6.52. The first-order chi connectivity index (χ1) is 8.99. The van der Waals surface area contributed by atoms with E-state index in [1.165, 1.54) is 6.42 Å². The lowest BCUT2D eigenvalue weighted by atomic mass is 9.93. The minimum absolute atomic E-state index is 0.0656. The fourth-order valence-electron chi connectivity index (χ4n) is 3.17. The van der Waals surface area contributed by atoms with E-state index in [9.17, 15) is 8.42 Å². The first-order valence-electron chi connectivity index (χ1n) is 7.50. The molecular formula is C13H27N3O2S. The molecule has 2 rings (SSSR count). The van der Waals surface area contributed by atoms with Crippen molar-refractivity contribution in [1.82, 2.24) is 9.03 Å². The Morgan fingerprint density at radius 2 is 1.58 bits per heavy atom. The van der Waals surface area contributed by atoms with Crippen LogP contribution in [0.2, 0.25) is 0 Å². The number of hydrogen-bond acceptors (Lipinski definition) is 3. The van der Waals surface area contributed by atoms with E-state index in [-0.39, 0.29) is 18.1 Å². The Bertz CT molecular complexity index is 371.